The lowest BCUT2D eigenvalue weighted by molar-refractivity contribution is 0.131. The lowest BCUT2D eigenvalue weighted by Crippen LogP contribution is -2.34. The zero-order valence-corrected chi connectivity index (χ0v) is 7.70. The average Bonchev–Trinajstić information content (AvgIpc) is 2.89. The standard InChI is InChI=1S/C9H14FN3/c1-13-8(4-5-12-13)9(10,6-11)7-2-3-7/h4-5,7H,2-3,6,11H2,1H3. The van der Waals surface area contributed by atoms with Crippen molar-refractivity contribution in [1.29, 1.82) is 0 Å². The van der Waals surface area contributed by atoms with Gasteiger partial charge in [0.1, 0.15) is 0 Å². The fraction of sp³-hybridized carbons (Fsp3) is 0.667. The summed E-state index contributed by atoms with van der Waals surface area (Å²) < 4.78 is 15.9. The van der Waals surface area contributed by atoms with Gasteiger partial charge in [-0.2, -0.15) is 5.10 Å². The summed E-state index contributed by atoms with van der Waals surface area (Å²) in [5.74, 6) is 0.105. The fourth-order valence-electron chi connectivity index (χ4n) is 1.80. The van der Waals surface area contributed by atoms with E-state index >= 15 is 0 Å². The summed E-state index contributed by atoms with van der Waals surface area (Å²) in [6.07, 6.45) is 3.50. The van der Waals surface area contributed by atoms with Crippen molar-refractivity contribution in [2.45, 2.75) is 18.5 Å². The first kappa shape index (κ1) is 8.69. The summed E-state index contributed by atoms with van der Waals surface area (Å²) in [6, 6.07) is 1.71. The summed E-state index contributed by atoms with van der Waals surface area (Å²) in [4.78, 5) is 0. The number of aryl methyl sites for hydroxylation is 1. The molecule has 1 heterocycles. The van der Waals surface area contributed by atoms with Crippen molar-refractivity contribution in [3.05, 3.63) is 18.0 Å². The molecule has 1 aromatic rings. The van der Waals surface area contributed by atoms with Crippen LogP contribution in [0.25, 0.3) is 0 Å². The van der Waals surface area contributed by atoms with Crippen molar-refractivity contribution in [2.75, 3.05) is 6.54 Å². The van der Waals surface area contributed by atoms with Crippen molar-refractivity contribution in [1.82, 2.24) is 9.78 Å². The molecule has 0 aromatic carbocycles. The Morgan fingerprint density at radius 2 is 2.46 bits per heavy atom. The monoisotopic (exact) mass is 183 g/mol. The van der Waals surface area contributed by atoms with Crippen LogP contribution in [0.5, 0.6) is 0 Å². The van der Waals surface area contributed by atoms with Crippen LogP contribution in [0.15, 0.2) is 12.3 Å². The second-order valence-electron chi connectivity index (χ2n) is 3.68. The molecule has 0 amide bonds. The summed E-state index contributed by atoms with van der Waals surface area (Å²) in [5, 5.41) is 3.96. The highest BCUT2D eigenvalue weighted by Crippen LogP contribution is 2.47. The van der Waals surface area contributed by atoms with E-state index in [1.165, 1.54) is 0 Å². The topological polar surface area (TPSA) is 43.8 Å². The van der Waals surface area contributed by atoms with Gasteiger partial charge in [0, 0.05) is 25.7 Å². The largest absolute Gasteiger partial charge is 0.327 e. The molecule has 0 spiro atoms. The molecule has 13 heavy (non-hydrogen) atoms. The molecule has 2 N–H and O–H groups in total. The molecule has 0 bridgehead atoms. The molecule has 3 nitrogen and oxygen atoms in total. The van der Waals surface area contributed by atoms with E-state index in [1.54, 1.807) is 24.0 Å². The predicted octanol–water partition coefficient (Wildman–Crippen LogP) is 0.954. The Morgan fingerprint density at radius 3 is 2.85 bits per heavy atom. The Kier molecular flexibility index (Phi) is 1.87. The molecule has 72 valence electrons. The van der Waals surface area contributed by atoms with Crippen LogP contribution in [-0.4, -0.2) is 16.3 Å². The maximum Gasteiger partial charge on any atom is 0.167 e. The summed E-state index contributed by atoms with van der Waals surface area (Å²) in [6.45, 7) is 0.0528. The van der Waals surface area contributed by atoms with Gasteiger partial charge in [0.25, 0.3) is 0 Å². The molecular formula is C9H14FN3. The van der Waals surface area contributed by atoms with Gasteiger partial charge < -0.3 is 5.73 Å². The fourth-order valence-corrected chi connectivity index (χ4v) is 1.80. The third-order valence-electron chi connectivity index (χ3n) is 2.77. The van der Waals surface area contributed by atoms with Crippen LogP contribution in [-0.2, 0) is 12.7 Å². The zero-order chi connectivity index (χ0) is 9.47. The van der Waals surface area contributed by atoms with Crippen LogP contribution in [0.2, 0.25) is 0 Å². The number of nitrogens with zero attached hydrogens (tertiary/aromatic N) is 2. The molecule has 1 atom stereocenters. The SMILES string of the molecule is Cn1nccc1C(F)(CN)C1CC1. The van der Waals surface area contributed by atoms with Crippen molar-refractivity contribution in [3.8, 4) is 0 Å². The maximum atomic E-state index is 14.3. The van der Waals surface area contributed by atoms with Crippen molar-refractivity contribution >= 4 is 0 Å². The third kappa shape index (κ3) is 1.25. The van der Waals surface area contributed by atoms with Crippen LogP contribution in [0, 0.1) is 5.92 Å². The number of alkyl halides is 1. The van der Waals surface area contributed by atoms with E-state index in [1.807, 2.05) is 0 Å². The van der Waals surface area contributed by atoms with Crippen LogP contribution in [0.3, 0.4) is 0 Å². The number of aromatic nitrogens is 2. The van der Waals surface area contributed by atoms with Gasteiger partial charge in [0.15, 0.2) is 5.67 Å². The normalized spacial score (nSPS) is 21.5. The first-order valence-electron chi connectivity index (χ1n) is 4.56. The van der Waals surface area contributed by atoms with Crippen LogP contribution in [0.4, 0.5) is 4.39 Å². The van der Waals surface area contributed by atoms with E-state index in [-0.39, 0.29) is 12.5 Å². The smallest absolute Gasteiger partial charge is 0.167 e. The van der Waals surface area contributed by atoms with Crippen LogP contribution in [0.1, 0.15) is 18.5 Å². The zero-order valence-electron chi connectivity index (χ0n) is 7.70. The molecule has 0 radical (unpaired) electrons. The van der Waals surface area contributed by atoms with E-state index < -0.39 is 5.67 Å². The predicted molar refractivity (Wildman–Crippen MR) is 47.8 cm³/mol. The van der Waals surface area contributed by atoms with Crippen molar-refractivity contribution in [3.63, 3.8) is 0 Å². The van der Waals surface area contributed by atoms with Gasteiger partial charge in [0.2, 0.25) is 0 Å². The minimum absolute atomic E-state index is 0.0528. The van der Waals surface area contributed by atoms with Gasteiger partial charge in [-0.25, -0.2) is 4.39 Å². The summed E-state index contributed by atoms with van der Waals surface area (Å²) >= 11 is 0. The molecule has 2 rings (SSSR count). The van der Waals surface area contributed by atoms with E-state index in [0.29, 0.717) is 5.69 Å². The van der Waals surface area contributed by atoms with E-state index in [2.05, 4.69) is 5.10 Å². The van der Waals surface area contributed by atoms with Crippen LogP contribution >= 0.6 is 0 Å². The minimum atomic E-state index is -1.36. The van der Waals surface area contributed by atoms with Crippen molar-refractivity contribution in [2.24, 2.45) is 18.7 Å². The lowest BCUT2D eigenvalue weighted by Gasteiger charge is -2.23. The van der Waals surface area contributed by atoms with Crippen molar-refractivity contribution < 1.29 is 4.39 Å². The molecular weight excluding hydrogens is 169 g/mol. The van der Waals surface area contributed by atoms with E-state index in [4.69, 9.17) is 5.73 Å². The Bertz CT molecular complexity index is 306. The Morgan fingerprint density at radius 1 is 1.77 bits per heavy atom. The molecule has 1 aromatic heterocycles. The molecule has 4 heteroatoms. The quantitative estimate of drug-likeness (QED) is 0.758. The number of nitrogens with two attached hydrogens (primary N) is 1. The number of hydrogen-bond donors (Lipinski definition) is 1. The highest BCUT2D eigenvalue weighted by atomic mass is 19.1. The Balaban J connectivity index is 2.35. The molecule has 1 saturated carbocycles. The Hall–Kier alpha value is -0.900. The van der Waals surface area contributed by atoms with Gasteiger partial charge in [0.05, 0.1) is 5.69 Å². The van der Waals surface area contributed by atoms with Gasteiger partial charge in [-0.3, -0.25) is 4.68 Å². The number of hydrogen-bond acceptors (Lipinski definition) is 2. The number of halogens is 1. The van der Waals surface area contributed by atoms with E-state index in [9.17, 15) is 4.39 Å². The maximum absolute atomic E-state index is 14.3. The molecule has 1 aliphatic rings. The highest BCUT2D eigenvalue weighted by molar-refractivity contribution is 5.17. The second-order valence-corrected chi connectivity index (χ2v) is 3.68. The van der Waals surface area contributed by atoms with Gasteiger partial charge in [-0.15, -0.1) is 0 Å². The molecule has 0 saturated heterocycles. The third-order valence-corrected chi connectivity index (χ3v) is 2.77. The highest BCUT2D eigenvalue weighted by Gasteiger charge is 2.47. The molecule has 1 aliphatic carbocycles. The summed E-state index contributed by atoms with van der Waals surface area (Å²) in [5.41, 5.74) is 4.74. The molecule has 0 aliphatic heterocycles. The molecule has 1 fully saturated rings. The summed E-state index contributed by atoms with van der Waals surface area (Å²) in [7, 11) is 1.75. The number of rotatable bonds is 3. The minimum Gasteiger partial charge on any atom is -0.327 e. The second kappa shape index (κ2) is 2.80. The lowest BCUT2D eigenvalue weighted by atomic mass is 9.96. The first-order chi connectivity index (χ1) is 6.18. The van der Waals surface area contributed by atoms with E-state index in [0.717, 1.165) is 12.8 Å². The molecule has 1 unspecified atom stereocenters. The first-order valence-corrected chi connectivity index (χ1v) is 4.56. The van der Waals surface area contributed by atoms with Gasteiger partial charge in [-0.05, 0) is 18.9 Å². The van der Waals surface area contributed by atoms with Crippen LogP contribution < -0.4 is 5.73 Å². The average molecular weight is 183 g/mol. The Labute approximate surface area is 76.7 Å². The van der Waals surface area contributed by atoms with Gasteiger partial charge in [-0.1, -0.05) is 0 Å². The van der Waals surface area contributed by atoms with Gasteiger partial charge >= 0.3 is 0 Å².